The quantitative estimate of drug-likeness (QED) is 0.938. The number of hydrogen-bond donors (Lipinski definition) is 1. The van der Waals surface area contributed by atoms with E-state index < -0.39 is 0 Å². The van der Waals surface area contributed by atoms with Gasteiger partial charge in [0.25, 0.3) is 0 Å². The zero-order valence-corrected chi connectivity index (χ0v) is 10.7. The van der Waals surface area contributed by atoms with Crippen molar-refractivity contribution in [2.75, 3.05) is 0 Å². The van der Waals surface area contributed by atoms with Crippen LogP contribution in [0.15, 0.2) is 34.9 Å². The Morgan fingerprint density at radius 1 is 1.44 bits per heavy atom. The zero-order valence-electron chi connectivity index (χ0n) is 9.15. The lowest BCUT2D eigenvalue weighted by Crippen LogP contribution is -2.00. The van der Waals surface area contributed by atoms with E-state index in [1.54, 1.807) is 0 Å². The first kappa shape index (κ1) is 11.4. The van der Waals surface area contributed by atoms with Gasteiger partial charge in [-0.2, -0.15) is 5.10 Å². The number of rotatable bonds is 3. The summed E-state index contributed by atoms with van der Waals surface area (Å²) in [7, 11) is 0. The van der Waals surface area contributed by atoms with E-state index in [-0.39, 0.29) is 0 Å². The van der Waals surface area contributed by atoms with Crippen molar-refractivity contribution < 1.29 is 0 Å². The molecule has 1 aromatic carbocycles. The molecule has 0 saturated carbocycles. The van der Waals surface area contributed by atoms with Gasteiger partial charge < -0.3 is 5.73 Å². The maximum atomic E-state index is 5.62. The first-order chi connectivity index (χ1) is 7.69. The summed E-state index contributed by atoms with van der Waals surface area (Å²) in [5.74, 6) is 0. The molecule has 84 valence electrons. The largest absolute Gasteiger partial charge is 0.326 e. The van der Waals surface area contributed by atoms with E-state index in [2.05, 4.69) is 33.2 Å². The minimum absolute atomic E-state index is 0.546. The fourth-order valence-electron chi connectivity index (χ4n) is 1.66. The van der Waals surface area contributed by atoms with Gasteiger partial charge >= 0.3 is 0 Å². The number of nitrogens with zero attached hydrogens (tertiary/aromatic N) is 2. The highest BCUT2D eigenvalue weighted by Gasteiger charge is 2.03. The van der Waals surface area contributed by atoms with Crippen LogP contribution in [0.1, 0.15) is 16.8 Å². The van der Waals surface area contributed by atoms with Gasteiger partial charge in [0.2, 0.25) is 0 Å². The summed E-state index contributed by atoms with van der Waals surface area (Å²) >= 11 is 3.46. The van der Waals surface area contributed by atoms with Gasteiger partial charge in [-0.1, -0.05) is 28.1 Å². The number of halogens is 1. The first-order valence-corrected chi connectivity index (χ1v) is 5.96. The third kappa shape index (κ3) is 2.51. The van der Waals surface area contributed by atoms with Gasteiger partial charge in [0.15, 0.2) is 0 Å². The number of nitrogens with two attached hydrogens (primary N) is 1. The summed E-state index contributed by atoms with van der Waals surface area (Å²) in [6, 6.07) is 8.23. The molecule has 1 heterocycles. The number of hydrogen-bond acceptors (Lipinski definition) is 2. The predicted octanol–water partition coefficient (Wildman–Crippen LogP) is 2.46. The number of aryl methyl sites for hydroxylation is 1. The monoisotopic (exact) mass is 279 g/mol. The molecule has 2 aromatic rings. The SMILES string of the molecule is Cc1nn(Cc2cccc(Br)c2)cc1CN. The summed E-state index contributed by atoms with van der Waals surface area (Å²) in [5.41, 5.74) is 8.96. The second-order valence-corrected chi connectivity index (χ2v) is 4.69. The lowest BCUT2D eigenvalue weighted by Gasteiger charge is -2.02. The van der Waals surface area contributed by atoms with Crippen LogP contribution in [0, 0.1) is 6.92 Å². The van der Waals surface area contributed by atoms with E-state index in [1.165, 1.54) is 5.56 Å². The van der Waals surface area contributed by atoms with Crippen molar-refractivity contribution in [1.82, 2.24) is 9.78 Å². The second-order valence-electron chi connectivity index (χ2n) is 3.77. The molecule has 0 aliphatic heterocycles. The molecule has 16 heavy (non-hydrogen) atoms. The van der Waals surface area contributed by atoms with Gasteiger partial charge in [-0.05, 0) is 24.6 Å². The molecular formula is C12H14BrN3. The Hall–Kier alpha value is -1.13. The van der Waals surface area contributed by atoms with Crippen molar-refractivity contribution in [3.63, 3.8) is 0 Å². The maximum absolute atomic E-state index is 5.62. The number of aromatic nitrogens is 2. The lowest BCUT2D eigenvalue weighted by molar-refractivity contribution is 0.679. The van der Waals surface area contributed by atoms with Crippen LogP contribution < -0.4 is 5.73 Å². The van der Waals surface area contributed by atoms with E-state index >= 15 is 0 Å². The third-order valence-corrected chi connectivity index (χ3v) is 2.99. The number of benzene rings is 1. The van der Waals surface area contributed by atoms with Crippen LogP contribution in [-0.4, -0.2) is 9.78 Å². The van der Waals surface area contributed by atoms with Crippen LogP contribution in [0.3, 0.4) is 0 Å². The summed E-state index contributed by atoms with van der Waals surface area (Å²) in [6.07, 6.45) is 2.01. The summed E-state index contributed by atoms with van der Waals surface area (Å²) in [6.45, 7) is 3.31. The Balaban J connectivity index is 2.20. The molecule has 2 N–H and O–H groups in total. The molecule has 0 saturated heterocycles. The molecule has 1 aromatic heterocycles. The van der Waals surface area contributed by atoms with E-state index in [0.717, 1.165) is 22.3 Å². The average molecular weight is 280 g/mol. The van der Waals surface area contributed by atoms with Crippen molar-refractivity contribution in [2.45, 2.75) is 20.0 Å². The van der Waals surface area contributed by atoms with Gasteiger partial charge in [0, 0.05) is 22.8 Å². The van der Waals surface area contributed by atoms with Crippen molar-refractivity contribution in [3.8, 4) is 0 Å². The van der Waals surface area contributed by atoms with Gasteiger partial charge in [0.1, 0.15) is 0 Å². The Morgan fingerprint density at radius 2 is 2.25 bits per heavy atom. The summed E-state index contributed by atoms with van der Waals surface area (Å²) in [5, 5.41) is 4.43. The average Bonchev–Trinajstić information content (AvgIpc) is 2.58. The topological polar surface area (TPSA) is 43.8 Å². The molecular weight excluding hydrogens is 266 g/mol. The van der Waals surface area contributed by atoms with Crippen LogP contribution in [0.5, 0.6) is 0 Å². The molecule has 0 bridgehead atoms. The highest BCUT2D eigenvalue weighted by Crippen LogP contribution is 2.13. The maximum Gasteiger partial charge on any atom is 0.0659 e. The van der Waals surface area contributed by atoms with E-state index in [9.17, 15) is 0 Å². The molecule has 0 aliphatic carbocycles. The zero-order chi connectivity index (χ0) is 11.5. The molecule has 2 rings (SSSR count). The second kappa shape index (κ2) is 4.80. The smallest absolute Gasteiger partial charge is 0.0659 e. The highest BCUT2D eigenvalue weighted by atomic mass is 79.9. The molecule has 3 nitrogen and oxygen atoms in total. The predicted molar refractivity (Wildman–Crippen MR) is 68.1 cm³/mol. The van der Waals surface area contributed by atoms with Crippen molar-refractivity contribution >= 4 is 15.9 Å². The molecule has 4 heteroatoms. The third-order valence-electron chi connectivity index (χ3n) is 2.50. The molecule has 0 amide bonds. The van der Waals surface area contributed by atoms with Gasteiger partial charge in [-0.15, -0.1) is 0 Å². The molecule has 0 radical (unpaired) electrons. The minimum Gasteiger partial charge on any atom is -0.326 e. The summed E-state index contributed by atoms with van der Waals surface area (Å²) < 4.78 is 3.02. The van der Waals surface area contributed by atoms with Crippen molar-refractivity contribution in [2.24, 2.45) is 5.73 Å². The highest BCUT2D eigenvalue weighted by molar-refractivity contribution is 9.10. The van der Waals surface area contributed by atoms with Crippen molar-refractivity contribution in [1.29, 1.82) is 0 Å². The lowest BCUT2D eigenvalue weighted by atomic mass is 10.2. The molecule has 0 atom stereocenters. The normalized spacial score (nSPS) is 10.7. The van der Waals surface area contributed by atoms with E-state index in [4.69, 9.17) is 5.73 Å². The van der Waals surface area contributed by atoms with E-state index in [1.807, 2.05) is 29.9 Å². The Morgan fingerprint density at radius 3 is 2.88 bits per heavy atom. The Labute approximate surface area is 103 Å². The molecule has 0 unspecified atom stereocenters. The Kier molecular flexibility index (Phi) is 3.41. The van der Waals surface area contributed by atoms with Crippen LogP contribution in [-0.2, 0) is 13.1 Å². The van der Waals surface area contributed by atoms with Crippen molar-refractivity contribution in [3.05, 3.63) is 51.8 Å². The first-order valence-electron chi connectivity index (χ1n) is 5.16. The van der Waals surface area contributed by atoms with Crippen LogP contribution in [0.25, 0.3) is 0 Å². The molecule has 0 aliphatic rings. The van der Waals surface area contributed by atoms with Crippen LogP contribution in [0.2, 0.25) is 0 Å². The van der Waals surface area contributed by atoms with E-state index in [0.29, 0.717) is 6.54 Å². The summed E-state index contributed by atoms with van der Waals surface area (Å²) in [4.78, 5) is 0. The van der Waals surface area contributed by atoms with Crippen LogP contribution >= 0.6 is 15.9 Å². The van der Waals surface area contributed by atoms with Crippen LogP contribution in [0.4, 0.5) is 0 Å². The fraction of sp³-hybridized carbons (Fsp3) is 0.250. The van der Waals surface area contributed by atoms with Gasteiger partial charge in [-0.3, -0.25) is 4.68 Å². The fourth-order valence-corrected chi connectivity index (χ4v) is 2.11. The minimum atomic E-state index is 0.546. The molecule has 0 spiro atoms. The molecule has 0 fully saturated rings. The van der Waals surface area contributed by atoms with Gasteiger partial charge in [0.05, 0.1) is 12.2 Å². The van der Waals surface area contributed by atoms with Gasteiger partial charge in [-0.25, -0.2) is 0 Å². The standard InChI is InChI=1S/C12H14BrN3/c1-9-11(6-14)8-16(15-9)7-10-3-2-4-12(13)5-10/h2-5,8H,6-7,14H2,1H3. The Bertz CT molecular complexity index is 491.